The maximum absolute atomic E-state index is 12.1. The van der Waals surface area contributed by atoms with E-state index in [1.54, 1.807) is 18.2 Å². The van der Waals surface area contributed by atoms with E-state index in [0.29, 0.717) is 16.5 Å². The third-order valence-corrected chi connectivity index (χ3v) is 5.40. The monoisotopic (exact) mass is 410 g/mol. The number of nitro groups is 1. The topological polar surface area (TPSA) is 82.2 Å². The number of non-ortho nitro benzene ring substituents is 1. The highest BCUT2D eigenvalue weighted by Gasteiger charge is 2.19. The lowest BCUT2D eigenvalue weighted by molar-refractivity contribution is -0.384. The third-order valence-electron chi connectivity index (χ3n) is 3.55. The number of fused-ring (bicyclic) bond motifs is 1. The van der Waals surface area contributed by atoms with Crippen molar-refractivity contribution in [1.29, 1.82) is 0 Å². The standard InChI is InChI=1S/C12H11ClN2O4S.C6H5F/c1-2-5-20(18,19)14-8-9(7-13)11-6-10(15(16)17)3-4-12(11)14;7-6-4-2-1-3-5-6/h2-4,6,8H,1,5,7H2;1-5H. The number of aromatic nitrogens is 1. The number of nitrogens with zero attached hydrogens (tertiary/aromatic N) is 2. The van der Waals surface area contributed by atoms with Crippen molar-refractivity contribution in [3.63, 3.8) is 0 Å². The largest absolute Gasteiger partial charge is 0.270 e. The molecule has 6 nitrogen and oxygen atoms in total. The molecule has 3 aromatic rings. The predicted octanol–water partition coefficient (Wildman–Crippen LogP) is 4.48. The molecule has 0 fully saturated rings. The molecule has 2 aromatic carbocycles. The molecule has 0 N–H and O–H groups in total. The van der Waals surface area contributed by atoms with Gasteiger partial charge in [-0.2, -0.15) is 0 Å². The fraction of sp³-hybridized carbons (Fsp3) is 0.111. The number of rotatable bonds is 5. The Labute approximate surface area is 160 Å². The molecule has 0 amide bonds. The maximum Gasteiger partial charge on any atom is 0.270 e. The molecule has 142 valence electrons. The molecule has 9 heteroatoms. The van der Waals surface area contributed by atoms with E-state index in [0.717, 1.165) is 3.97 Å². The predicted molar refractivity (Wildman–Crippen MR) is 104 cm³/mol. The Hall–Kier alpha value is -2.71. The van der Waals surface area contributed by atoms with Gasteiger partial charge in [0.05, 0.1) is 16.2 Å². The van der Waals surface area contributed by atoms with Crippen LogP contribution in [-0.2, 0) is 15.9 Å². The van der Waals surface area contributed by atoms with Crippen molar-refractivity contribution in [3.8, 4) is 0 Å². The number of hydrogen-bond acceptors (Lipinski definition) is 4. The van der Waals surface area contributed by atoms with Crippen LogP contribution in [0.2, 0.25) is 0 Å². The van der Waals surface area contributed by atoms with E-state index in [1.165, 1.54) is 42.6 Å². The first-order valence-electron chi connectivity index (χ1n) is 7.69. The Bertz CT molecular complexity index is 1070. The summed E-state index contributed by atoms with van der Waals surface area (Å²) in [6.07, 6.45) is 2.67. The van der Waals surface area contributed by atoms with Crippen LogP contribution in [0, 0.1) is 15.9 Å². The SMILES string of the molecule is C=CCS(=O)(=O)n1cc(CCl)c2cc([N+](=O)[O-])ccc21.Fc1ccccc1. The molecule has 0 unspecified atom stereocenters. The molecular formula is C18H16ClFN2O4S. The molecule has 1 heterocycles. The maximum atomic E-state index is 12.1. The van der Waals surface area contributed by atoms with Crippen LogP contribution in [0.15, 0.2) is 67.4 Å². The van der Waals surface area contributed by atoms with Crippen molar-refractivity contribution < 1.29 is 17.7 Å². The van der Waals surface area contributed by atoms with E-state index in [9.17, 15) is 22.9 Å². The van der Waals surface area contributed by atoms with Gasteiger partial charge in [0.25, 0.3) is 5.69 Å². The van der Waals surface area contributed by atoms with Gasteiger partial charge >= 0.3 is 0 Å². The van der Waals surface area contributed by atoms with E-state index >= 15 is 0 Å². The number of nitro benzene ring substituents is 1. The molecule has 0 radical (unpaired) electrons. The van der Waals surface area contributed by atoms with Gasteiger partial charge in [-0.15, -0.1) is 18.2 Å². The van der Waals surface area contributed by atoms with Gasteiger partial charge in [0.2, 0.25) is 10.0 Å². The van der Waals surface area contributed by atoms with Gasteiger partial charge in [0, 0.05) is 29.6 Å². The normalized spacial score (nSPS) is 10.9. The summed E-state index contributed by atoms with van der Waals surface area (Å²) in [6.45, 7) is 3.41. The molecule has 0 atom stereocenters. The Morgan fingerprint density at radius 1 is 1.22 bits per heavy atom. The number of alkyl halides is 1. The van der Waals surface area contributed by atoms with Crippen molar-refractivity contribution in [2.24, 2.45) is 0 Å². The first-order chi connectivity index (χ1) is 12.8. The zero-order valence-corrected chi connectivity index (χ0v) is 15.7. The quantitative estimate of drug-likeness (QED) is 0.269. The van der Waals surface area contributed by atoms with E-state index in [4.69, 9.17) is 11.6 Å². The van der Waals surface area contributed by atoms with Gasteiger partial charge in [-0.3, -0.25) is 10.1 Å². The van der Waals surface area contributed by atoms with Crippen LogP contribution in [0.3, 0.4) is 0 Å². The summed E-state index contributed by atoms with van der Waals surface area (Å²) in [5.74, 6) is -0.341. The minimum Gasteiger partial charge on any atom is -0.258 e. The van der Waals surface area contributed by atoms with Gasteiger partial charge in [-0.1, -0.05) is 24.3 Å². The summed E-state index contributed by atoms with van der Waals surface area (Å²) in [4.78, 5) is 10.3. The fourth-order valence-corrected chi connectivity index (χ4v) is 3.77. The lowest BCUT2D eigenvalue weighted by Gasteiger charge is -2.04. The summed E-state index contributed by atoms with van der Waals surface area (Å²) < 4.78 is 37.2. The van der Waals surface area contributed by atoms with Crippen LogP contribution in [0.5, 0.6) is 0 Å². The number of halogens is 2. The second-order valence-electron chi connectivity index (χ2n) is 5.41. The van der Waals surface area contributed by atoms with Crippen LogP contribution in [0.1, 0.15) is 5.56 Å². The van der Waals surface area contributed by atoms with Gasteiger partial charge < -0.3 is 0 Å². The molecule has 27 heavy (non-hydrogen) atoms. The second kappa shape index (κ2) is 8.79. The van der Waals surface area contributed by atoms with Gasteiger partial charge in [-0.05, 0) is 23.8 Å². The first kappa shape index (κ1) is 20.6. The zero-order valence-electron chi connectivity index (χ0n) is 14.1. The molecule has 0 aliphatic heterocycles. The summed E-state index contributed by atoms with van der Waals surface area (Å²) >= 11 is 5.78. The lowest BCUT2D eigenvalue weighted by Crippen LogP contribution is -2.14. The van der Waals surface area contributed by atoms with Crippen LogP contribution in [0.25, 0.3) is 10.9 Å². The molecule has 1 aromatic heterocycles. The van der Waals surface area contributed by atoms with Gasteiger partial charge in [0.15, 0.2) is 0 Å². The molecule has 0 saturated heterocycles. The van der Waals surface area contributed by atoms with E-state index in [2.05, 4.69) is 6.58 Å². The fourth-order valence-electron chi connectivity index (χ4n) is 2.35. The summed E-state index contributed by atoms with van der Waals surface area (Å²) in [7, 11) is -3.59. The highest BCUT2D eigenvalue weighted by molar-refractivity contribution is 7.90. The molecule has 0 saturated carbocycles. The average Bonchev–Trinajstić information content (AvgIpc) is 3.01. The smallest absolute Gasteiger partial charge is 0.258 e. The Balaban J connectivity index is 0.000000313. The molecule has 0 aliphatic rings. The van der Waals surface area contributed by atoms with Crippen molar-refractivity contribution in [2.45, 2.75) is 5.88 Å². The summed E-state index contributed by atoms with van der Waals surface area (Å²) in [5, 5.41) is 11.2. The van der Waals surface area contributed by atoms with Crippen LogP contribution in [0.4, 0.5) is 10.1 Å². The van der Waals surface area contributed by atoms with E-state index < -0.39 is 14.9 Å². The minimum atomic E-state index is -3.59. The third kappa shape index (κ3) is 4.93. The van der Waals surface area contributed by atoms with Crippen molar-refractivity contribution in [1.82, 2.24) is 3.97 Å². The van der Waals surface area contributed by atoms with E-state index in [1.807, 2.05) is 0 Å². The average molecular weight is 411 g/mol. The number of hydrogen-bond donors (Lipinski definition) is 0. The molecule has 0 spiro atoms. The van der Waals surface area contributed by atoms with Crippen molar-refractivity contribution >= 4 is 38.2 Å². The molecule has 0 aliphatic carbocycles. The van der Waals surface area contributed by atoms with Crippen LogP contribution in [-0.4, -0.2) is 23.1 Å². The molecular weight excluding hydrogens is 395 g/mol. The van der Waals surface area contributed by atoms with Crippen LogP contribution >= 0.6 is 11.6 Å². The highest BCUT2D eigenvalue weighted by Crippen LogP contribution is 2.28. The number of benzene rings is 2. The lowest BCUT2D eigenvalue weighted by atomic mass is 10.2. The minimum absolute atomic E-state index is 0.0638. The zero-order chi connectivity index (χ0) is 20.0. The summed E-state index contributed by atoms with van der Waals surface area (Å²) in [5.41, 5.74) is 0.786. The molecule has 0 bridgehead atoms. The Morgan fingerprint density at radius 3 is 2.37 bits per heavy atom. The van der Waals surface area contributed by atoms with Crippen LogP contribution < -0.4 is 0 Å². The van der Waals surface area contributed by atoms with Crippen molar-refractivity contribution in [3.05, 3.63) is 88.9 Å². The second-order valence-corrected chi connectivity index (χ2v) is 7.56. The Morgan fingerprint density at radius 2 is 1.89 bits per heavy atom. The van der Waals surface area contributed by atoms with Crippen molar-refractivity contribution in [2.75, 3.05) is 5.75 Å². The Kier molecular flexibility index (Phi) is 6.70. The molecule has 3 rings (SSSR count). The first-order valence-corrected chi connectivity index (χ1v) is 9.83. The van der Waals surface area contributed by atoms with Gasteiger partial charge in [-0.25, -0.2) is 16.8 Å². The highest BCUT2D eigenvalue weighted by atomic mass is 35.5. The van der Waals surface area contributed by atoms with E-state index in [-0.39, 0.29) is 23.1 Å². The summed E-state index contributed by atoms with van der Waals surface area (Å²) in [6, 6.07) is 11.9. The van der Waals surface area contributed by atoms with Gasteiger partial charge in [0.1, 0.15) is 5.82 Å².